The van der Waals surface area contributed by atoms with Gasteiger partial charge in [0.25, 0.3) is 5.56 Å². The molecule has 9 heteroatoms. The minimum atomic E-state index is -3.24. The van der Waals surface area contributed by atoms with Crippen LogP contribution in [0, 0.1) is 0 Å². The Labute approximate surface area is 186 Å². The topological polar surface area (TPSA) is 96.7 Å². The molecule has 0 radical (unpaired) electrons. The maximum Gasteiger partial charge on any atom is 0.266 e. The Bertz CT molecular complexity index is 1250. The SMILES string of the molecule is CS(=O)(=O)c1ccc(OCCCn2nc(-c3ccc4c(c3)OCCCO4)ccc2=O)cc1. The number of rotatable bonds is 7. The van der Waals surface area contributed by atoms with Crippen molar-refractivity contribution in [1.29, 1.82) is 0 Å². The highest BCUT2D eigenvalue weighted by molar-refractivity contribution is 7.90. The minimum absolute atomic E-state index is 0.194. The molecule has 2 aromatic carbocycles. The molecular formula is C23H24N2O6S. The van der Waals surface area contributed by atoms with Gasteiger partial charge in [-0.05, 0) is 48.5 Å². The Morgan fingerprint density at radius 1 is 1.00 bits per heavy atom. The van der Waals surface area contributed by atoms with Gasteiger partial charge in [-0.2, -0.15) is 5.10 Å². The summed E-state index contributed by atoms with van der Waals surface area (Å²) >= 11 is 0. The number of fused-ring (bicyclic) bond motifs is 1. The van der Waals surface area contributed by atoms with Gasteiger partial charge in [-0.25, -0.2) is 13.1 Å². The van der Waals surface area contributed by atoms with Gasteiger partial charge in [0.1, 0.15) is 5.75 Å². The van der Waals surface area contributed by atoms with Crippen LogP contribution in [0.25, 0.3) is 11.3 Å². The van der Waals surface area contributed by atoms with E-state index in [0.29, 0.717) is 55.7 Å². The van der Waals surface area contributed by atoms with Gasteiger partial charge in [0.2, 0.25) is 0 Å². The molecule has 0 saturated carbocycles. The van der Waals surface area contributed by atoms with Crippen molar-refractivity contribution in [3.05, 3.63) is 65.0 Å². The summed E-state index contributed by atoms with van der Waals surface area (Å²) < 4.78 is 41.5. The Kier molecular flexibility index (Phi) is 6.45. The number of nitrogens with zero attached hydrogens (tertiary/aromatic N) is 2. The van der Waals surface area contributed by atoms with Crippen molar-refractivity contribution in [3.63, 3.8) is 0 Å². The molecule has 0 unspecified atom stereocenters. The molecule has 1 aliphatic heterocycles. The smallest absolute Gasteiger partial charge is 0.266 e. The van der Waals surface area contributed by atoms with E-state index in [-0.39, 0.29) is 10.5 Å². The number of hydrogen-bond donors (Lipinski definition) is 0. The highest BCUT2D eigenvalue weighted by Crippen LogP contribution is 2.33. The van der Waals surface area contributed by atoms with Crippen LogP contribution in [-0.4, -0.2) is 44.3 Å². The summed E-state index contributed by atoms with van der Waals surface area (Å²) in [6.45, 7) is 1.97. The van der Waals surface area contributed by atoms with Crippen molar-refractivity contribution in [3.8, 4) is 28.5 Å². The third-order valence-electron chi connectivity index (χ3n) is 4.94. The molecule has 0 N–H and O–H groups in total. The van der Waals surface area contributed by atoms with Crippen LogP contribution >= 0.6 is 0 Å². The van der Waals surface area contributed by atoms with Gasteiger partial charge in [-0.3, -0.25) is 4.79 Å². The number of sulfone groups is 1. The zero-order valence-corrected chi connectivity index (χ0v) is 18.5. The summed E-state index contributed by atoms with van der Waals surface area (Å²) in [4.78, 5) is 12.5. The van der Waals surface area contributed by atoms with E-state index in [9.17, 15) is 13.2 Å². The van der Waals surface area contributed by atoms with Crippen molar-refractivity contribution in [2.24, 2.45) is 0 Å². The quantitative estimate of drug-likeness (QED) is 0.504. The van der Waals surface area contributed by atoms with Crippen LogP contribution in [0.5, 0.6) is 17.2 Å². The number of aryl methyl sites for hydroxylation is 1. The second-order valence-electron chi connectivity index (χ2n) is 7.44. The first kappa shape index (κ1) is 21.9. The molecule has 8 nitrogen and oxygen atoms in total. The van der Waals surface area contributed by atoms with Crippen molar-refractivity contribution in [1.82, 2.24) is 9.78 Å². The average molecular weight is 457 g/mol. The summed E-state index contributed by atoms with van der Waals surface area (Å²) in [5, 5.41) is 4.48. The first-order chi connectivity index (χ1) is 15.4. The molecule has 0 amide bonds. The molecule has 0 saturated heterocycles. The lowest BCUT2D eigenvalue weighted by atomic mass is 10.1. The van der Waals surface area contributed by atoms with Crippen molar-refractivity contribution in [2.45, 2.75) is 24.3 Å². The minimum Gasteiger partial charge on any atom is -0.494 e. The highest BCUT2D eigenvalue weighted by atomic mass is 32.2. The maximum absolute atomic E-state index is 12.2. The standard InChI is InChI=1S/C23H24N2O6S/c1-32(27,28)19-7-5-18(6-8-19)29-13-2-12-25-23(26)11-9-20(24-25)17-4-10-21-22(16-17)31-15-3-14-30-21/h4-11,16H,2-3,12-15H2,1H3. The largest absolute Gasteiger partial charge is 0.494 e. The van der Waals surface area contributed by atoms with Crippen molar-refractivity contribution < 1.29 is 22.6 Å². The highest BCUT2D eigenvalue weighted by Gasteiger charge is 2.13. The lowest BCUT2D eigenvalue weighted by molar-refractivity contribution is 0.297. The van der Waals surface area contributed by atoms with Gasteiger partial charge in [0, 0.05) is 37.3 Å². The van der Waals surface area contributed by atoms with Crippen molar-refractivity contribution in [2.75, 3.05) is 26.1 Å². The number of hydrogen-bond acceptors (Lipinski definition) is 7. The van der Waals surface area contributed by atoms with E-state index in [1.807, 2.05) is 18.2 Å². The Morgan fingerprint density at radius 3 is 2.50 bits per heavy atom. The molecular weight excluding hydrogens is 432 g/mol. The fraction of sp³-hybridized carbons (Fsp3) is 0.304. The molecule has 3 aromatic rings. The summed E-state index contributed by atoms with van der Waals surface area (Å²) in [5.74, 6) is 1.95. The number of ether oxygens (including phenoxy) is 3. The third-order valence-corrected chi connectivity index (χ3v) is 6.07. The second-order valence-corrected chi connectivity index (χ2v) is 9.45. The fourth-order valence-electron chi connectivity index (χ4n) is 3.27. The van der Waals surface area contributed by atoms with Gasteiger partial charge in [-0.1, -0.05) is 0 Å². The lowest BCUT2D eigenvalue weighted by Crippen LogP contribution is -2.23. The van der Waals surface area contributed by atoms with E-state index >= 15 is 0 Å². The van der Waals surface area contributed by atoms with Gasteiger partial charge < -0.3 is 14.2 Å². The van der Waals surface area contributed by atoms with E-state index < -0.39 is 9.84 Å². The molecule has 1 aliphatic rings. The first-order valence-electron chi connectivity index (χ1n) is 10.3. The van der Waals surface area contributed by atoms with Crippen LogP contribution in [0.4, 0.5) is 0 Å². The van der Waals surface area contributed by atoms with Gasteiger partial charge in [-0.15, -0.1) is 0 Å². The van der Waals surface area contributed by atoms with E-state index in [2.05, 4.69) is 5.10 Å². The van der Waals surface area contributed by atoms with Gasteiger partial charge in [0.15, 0.2) is 21.3 Å². The molecule has 0 fully saturated rings. The van der Waals surface area contributed by atoms with E-state index in [0.717, 1.165) is 18.2 Å². The summed E-state index contributed by atoms with van der Waals surface area (Å²) in [6.07, 6.45) is 2.55. The summed E-state index contributed by atoms with van der Waals surface area (Å²) in [7, 11) is -3.24. The monoisotopic (exact) mass is 456 g/mol. The van der Waals surface area contributed by atoms with Crippen LogP contribution in [0.1, 0.15) is 12.8 Å². The molecule has 0 aliphatic carbocycles. The number of benzene rings is 2. The molecule has 1 aromatic heterocycles. The first-order valence-corrected chi connectivity index (χ1v) is 12.2. The zero-order chi connectivity index (χ0) is 22.6. The zero-order valence-electron chi connectivity index (χ0n) is 17.7. The molecule has 0 atom stereocenters. The second kappa shape index (κ2) is 9.44. The van der Waals surface area contributed by atoms with Crippen LogP contribution in [0.3, 0.4) is 0 Å². The molecule has 32 heavy (non-hydrogen) atoms. The van der Waals surface area contributed by atoms with Crippen molar-refractivity contribution >= 4 is 9.84 Å². The van der Waals surface area contributed by atoms with E-state index in [1.165, 1.54) is 22.9 Å². The van der Waals surface area contributed by atoms with Gasteiger partial charge >= 0.3 is 0 Å². The summed E-state index contributed by atoms with van der Waals surface area (Å²) in [5.41, 5.74) is 1.31. The van der Waals surface area contributed by atoms with Crippen LogP contribution in [-0.2, 0) is 16.4 Å². The predicted molar refractivity (Wildman–Crippen MR) is 119 cm³/mol. The van der Waals surface area contributed by atoms with E-state index in [1.54, 1.807) is 18.2 Å². The molecule has 0 spiro atoms. The van der Waals surface area contributed by atoms with Crippen LogP contribution < -0.4 is 19.8 Å². The van der Waals surface area contributed by atoms with Gasteiger partial charge in [0.05, 0.1) is 30.4 Å². The van der Waals surface area contributed by atoms with Crippen LogP contribution in [0.2, 0.25) is 0 Å². The normalized spacial score (nSPS) is 13.4. The average Bonchev–Trinajstić information content (AvgIpc) is 3.02. The molecule has 168 valence electrons. The maximum atomic E-state index is 12.2. The number of aromatic nitrogens is 2. The third kappa shape index (κ3) is 5.28. The Balaban J connectivity index is 1.39. The Morgan fingerprint density at radius 2 is 1.75 bits per heavy atom. The molecule has 4 rings (SSSR count). The summed E-state index contributed by atoms with van der Waals surface area (Å²) in [6, 6.07) is 15.1. The fourth-order valence-corrected chi connectivity index (χ4v) is 3.90. The predicted octanol–water partition coefficient (Wildman–Crippen LogP) is 2.94. The lowest BCUT2D eigenvalue weighted by Gasteiger charge is -2.11. The molecule has 2 heterocycles. The Hall–Kier alpha value is -3.33. The van der Waals surface area contributed by atoms with E-state index in [4.69, 9.17) is 14.2 Å². The molecule has 0 bridgehead atoms. The van der Waals surface area contributed by atoms with Crippen LogP contribution in [0.15, 0.2) is 64.3 Å².